The smallest absolute Gasteiger partial charge is 0.251 e. The van der Waals surface area contributed by atoms with Gasteiger partial charge in [-0.25, -0.2) is 4.98 Å². The molecule has 30 heavy (non-hydrogen) atoms. The Morgan fingerprint density at radius 2 is 1.73 bits per heavy atom. The molecule has 0 fully saturated rings. The summed E-state index contributed by atoms with van der Waals surface area (Å²) in [5, 5.41) is 6.14. The predicted octanol–water partition coefficient (Wildman–Crippen LogP) is 3.77. The van der Waals surface area contributed by atoms with Crippen molar-refractivity contribution in [3.05, 3.63) is 47.5 Å². The van der Waals surface area contributed by atoms with Crippen molar-refractivity contribution in [3.8, 4) is 11.5 Å². The SMILES string of the molecule is Cc1ccc(C(=O)NC(C(=O)Nc2nc3cc4c(cc3s2)OCCO4)C(C)C)cc1. The Morgan fingerprint density at radius 1 is 1.07 bits per heavy atom. The van der Waals surface area contributed by atoms with Crippen molar-refractivity contribution in [1.82, 2.24) is 10.3 Å². The number of carbonyl (C=O) groups is 2. The zero-order valence-electron chi connectivity index (χ0n) is 17.0. The van der Waals surface area contributed by atoms with E-state index in [4.69, 9.17) is 9.47 Å². The van der Waals surface area contributed by atoms with Crippen molar-refractivity contribution in [3.63, 3.8) is 0 Å². The minimum atomic E-state index is -0.689. The van der Waals surface area contributed by atoms with E-state index >= 15 is 0 Å². The van der Waals surface area contributed by atoms with Gasteiger partial charge in [0.25, 0.3) is 5.91 Å². The third-order valence-corrected chi connectivity index (χ3v) is 5.77. The Hall–Kier alpha value is -3.13. The van der Waals surface area contributed by atoms with E-state index in [0.29, 0.717) is 35.4 Å². The van der Waals surface area contributed by atoms with Gasteiger partial charge in [0.15, 0.2) is 16.6 Å². The number of amides is 2. The number of ether oxygens (including phenoxy) is 2. The molecule has 0 spiro atoms. The summed E-state index contributed by atoms with van der Waals surface area (Å²) in [6.07, 6.45) is 0. The van der Waals surface area contributed by atoms with Gasteiger partial charge in [-0.3, -0.25) is 9.59 Å². The maximum atomic E-state index is 12.9. The Kier molecular flexibility index (Phi) is 5.59. The number of carbonyl (C=O) groups excluding carboxylic acids is 2. The minimum absolute atomic E-state index is 0.0945. The van der Waals surface area contributed by atoms with Crippen LogP contribution in [0.4, 0.5) is 5.13 Å². The molecule has 0 bridgehead atoms. The predicted molar refractivity (Wildman–Crippen MR) is 117 cm³/mol. The van der Waals surface area contributed by atoms with Crippen LogP contribution in [0.3, 0.4) is 0 Å². The molecule has 4 rings (SSSR count). The zero-order valence-corrected chi connectivity index (χ0v) is 17.8. The summed E-state index contributed by atoms with van der Waals surface area (Å²) in [5.41, 5.74) is 2.31. The Balaban J connectivity index is 1.50. The molecule has 1 atom stereocenters. The third kappa shape index (κ3) is 4.23. The van der Waals surface area contributed by atoms with E-state index in [9.17, 15) is 9.59 Å². The van der Waals surface area contributed by atoms with Crippen molar-refractivity contribution < 1.29 is 19.1 Å². The van der Waals surface area contributed by atoms with Crippen molar-refractivity contribution >= 4 is 38.5 Å². The van der Waals surface area contributed by atoms with Gasteiger partial charge in [-0.15, -0.1) is 0 Å². The summed E-state index contributed by atoms with van der Waals surface area (Å²) in [7, 11) is 0. The molecular formula is C22H23N3O4S. The lowest BCUT2D eigenvalue weighted by Crippen LogP contribution is -2.47. The van der Waals surface area contributed by atoms with Gasteiger partial charge < -0.3 is 20.1 Å². The van der Waals surface area contributed by atoms with E-state index in [0.717, 1.165) is 15.8 Å². The molecular weight excluding hydrogens is 402 g/mol. The van der Waals surface area contributed by atoms with Gasteiger partial charge in [0.2, 0.25) is 5.91 Å². The van der Waals surface area contributed by atoms with Gasteiger partial charge in [-0.05, 0) is 25.0 Å². The number of benzene rings is 2. The van der Waals surface area contributed by atoms with Crippen molar-refractivity contribution in [2.75, 3.05) is 18.5 Å². The summed E-state index contributed by atoms with van der Waals surface area (Å²) in [6.45, 7) is 6.75. The molecule has 1 aliphatic rings. The Morgan fingerprint density at radius 3 is 2.40 bits per heavy atom. The molecule has 7 nitrogen and oxygen atoms in total. The lowest BCUT2D eigenvalue weighted by Gasteiger charge is -2.21. The van der Waals surface area contributed by atoms with E-state index in [-0.39, 0.29) is 17.7 Å². The fraction of sp³-hybridized carbons (Fsp3) is 0.318. The van der Waals surface area contributed by atoms with Crippen LogP contribution in [-0.2, 0) is 4.79 Å². The first kappa shape index (κ1) is 20.2. The average molecular weight is 426 g/mol. The van der Waals surface area contributed by atoms with Crippen LogP contribution in [0.2, 0.25) is 0 Å². The monoisotopic (exact) mass is 425 g/mol. The van der Waals surface area contributed by atoms with Gasteiger partial charge in [0, 0.05) is 17.7 Å². The summed E-state index contributed by atoms with van der Waals surface area (Å²) in [4.78, 5) is 30.0. The first-order chi connectivity index (χ1) is 14.4. The number of thiazole rings is 1. The number of hydrogen-bond donors (Lipinski definition) is 2. The van der Waals surface area contributed by atoms with E-state index in [1.165, 1.54) is 11.3 Å². The Bertz CT molecular complexity index is 1050. The molecule has 2 aromatic carbocycles. The second kappa shape index (κ2) is 8.31. The minimum Gasteiger partial charge on any atom is -0.486 e. The largest absolute Gasteiger partial charge is 0.486 e. The molecule has 8 heteroatoms. The normalized spacial score (nSPS) is 13.9. The van der Waals surface area contributed by atoms with Crippen LogP contribution in [0, 0.1) is 12.8 Å². The lowest BCUT2D eigenvalue weighted by atomic mass is 10.0. The van der Waals surface area contributed by atoms with Gasteiger partial charge >= 0.3 is 0 Å². The molecule has 3 aromatic rings. The van der Waals surface area contributed by atoms with Crippen LogP contribution in [0.25, 0.3) is 10.2 Å². The van der Waals surface area contributed by atoms with E-state index in [1.54, 1.807) is 12.1 Å². The van der Waals surface area contributed by atoms with Crippen LogP contribution in [0.15, 0.2) is 36.4 Å². The number of hydrogen-bond acceptors (Lipinski definition) is 6. The number of anilines is 1. The molecule has 0 saturated carbocycles. The third-order valence-electron chi connectivity index (χ3n) is 4.83. The topological polar surface area (TPSA) is 89.6 Å². The average Bonchev–Trinajstić information content (AvgIpc) is 3.11. The molecule has 2 N–H and O–H groups in total. The fourth-order valence-corrected chi connectivity index (χ4v) is 4.05. The molecule has 156 valence electrons. The number of fused-ring (bicyclic) bond motifs is 2. The highest BCUT2D eigenvalue weighted by Crippen LogP contribution is 2.37. The molecule has 0 aliphatic carbocycles. The summed E-state index contributed by atoms with van der Waals surface area (Å²) < 4.78 is 12.1. The van der Waals surface area contributed by atoms with E-state index in [2.05, 4.69) is 15.6 Å². The molecule has 1 aliphatic heterocycles. The van der Waals surface area contributed by atoms with Gasteiger partial charge in [0.1, 0.15) is 19.3 Å². The molecule has 2 amide bonds. The highest BCUT2D eigenvalue weighted by molar-refractivity contribution is 7.22. The number of nitrogens with zero attached hydrogens (tertiary/aromatic N) is 1. The number of aromatic nitrogens is 1. The maximum Gasteiger partial charge on any atom is 0.251 e. The summed E-state index contributed by atoms with van der Waals surface area (Å²) >= 11 is 1.35. The van der Waals surface area contributed by atoms with Crippen LogP contribution in [0.5, 0.6) is 11.5 Å². The highest BCUT2D eigenvalue weighted by Gasteiger charge is 2.26. The lowest BCUT2D eigenvalue weighted by molar-refractivity contribution is -0.118. The Labute approximate surface area is 178 Å². The van der Waals surface area contributed by atoms with E-state index < -0.39 is 6.04 Å². The summed E-state index contributed by atoms with van der Waals surface area (Å²) in [5.74, 6) is 0.655. The quantitative estimate of drug-likeness (QED) is 0.650. The molecule has 1 aromatic heterocycles. The van der Waals surface area contributed by atoms with Crippen LogP contribution < -0.4 is 20.1 Å². The molecule has 2 heterocycles. The standard InChI is InChI=1S/C22H23N3O4S/c1-12(2)19(24-20(26)14-6-4-13(3)5-7-14)21(27)25-22-23-15-10-16-17(11-18(15)30-22)29-9-8-28-16/h4-7,10-12,19H,8-9H2,1-3H3,(H,24,26)(H,23,25,27). The molecule has 0 saturated heterocycles. The first-order valence-corrected chi connectivity index (χ1v) is 10.6. The van der Waals surface area contributed by atoms with Gasteiger partial charge in [-0.1, -0.05) is 42.9 Å². The fourth-order valence-electron chi connectivity index (χ4n) is 3.17. The van der Waals surface area contributed by atoms with E-state index in [1.807, 2.05) is 45.0 Å². The summed E-state index contributed by atoms with van der Waals surface area (Å²) in [6, 6.07) is 10.2. The number of aryl methyl sites for hydroxylation is 1. The van der Waals surface area contributed by atoms with Crippen molar-refractivity contribution in [2.45, 2.75) is 26.8 Å². The first-order valence-electron chi connectivity index (χ1n) is 9.79. The highest BCUT2D eigenvalue weighted by atomic mass is 32.1. The van der Waals surface area contributed by atoms with Crippen molar-refractivity contribution in [1.29, 1.82) is 0 Å². The maximum absolute atomic E-state index is 12.9. The second-order valence-electron chi connectivity index (χ2n) is 7.53. The number of rotatable bonds is 5. The second-order valence-corrected chi connectivity index (χ2v) is 8.56. The zero-order chi connectivity index (χ0) is 21.3. The molecule has 1 unspecified atom stereocenters. The number of nitrogens with one attached hydrogen (secondary N) is 2. The van der Waals surface area contributed by atoms with Crippen LogP contribution >= 0.6 is 11.3 Å². The van der Waals surface area contributed by atoms with Crippen LogP contribution in [0.1, 0.15) is 29.8 Å². The van der Waals surface area contributed by atoms with Gasteiger partial charge in [0.05, 0.1) is 10.2 Å². The molecule has 0 radical (unpaired) electrons. The van der Waals surface area contributed by atoms with Gasteiger partial charge in [-0.2, -0.15) is 0 Å². The van der Waals surface area contributed by atoms with Crippen molar-refractivity contribution in [2.24, 2.45) is 5.92 Å². The van der Waals surface area contributed by atoms with Crippen LogP contribution in [-0.4, -0.2) is 36.1 Å².